The molecule has 0 spiro atoms. The molecule has 1 heterocycles. The Hall–Kier alpha value is -3.60. The number of ether oxygens (including phenoxy) is 1. The number of aromatic nitrogens is 2. The molecule has 0 fully saturated rings. The van der Waals surface area contributed by atoms with Crippen LogP contribution in [0.1, 0.15) is 18.9 Å². The van der Waals surface area contributed by atoms with Crippen molar-refractivity contribution in [3.8, 4) is 11.4 Å². The molecule has 4 rings (SSSR count). The lowest BCUT2D eigenvalue weighted by atomic mass is 10.1. The summed E-state index contributed by atoms with van der Waals surface area (Å²) in [5, 5.41) is 5.10. The minimum absolute atomic E-state index is 0.112. The molecule has 0 radical (unpaired) electrons. The Bertz CT molecular complexity index is 1080. The topological polar surface area (TPSA) is 56.1 Å². The minimum atomic E-state index is -0.536. The molecule has 1 amide bonds. The fourth-order valence-corrected chi connectivity index (χ4v) is 3.27. The van der Waals surface area contributed by atoms with Crippen molar-refractivity contribution in [2.45, 2.75) is 26.0 Å². The quantitative estimate of drug-likeness (QED) is 0.510. The van der Waals surface area contributed by atoms with Crippen LogP contribution in [0.2, 0.25) is 0 Å². The second-order valence-electron chi connectivity index (χ2n) is 6.85. The zero-order valence-corrected chi connectivity index (χ0v) is 16.3. The van der Waals surface area contributed by atoms with E-state index in [1.165, 1.54) is 0 Å². The lowest BCUT2D eigenvalue weighted by Crippen LogP contribution is -2.37. The Morgan fingerprint density at radius 1 is 1.07 bits per heavy atom. The summed E-state index contributed by atoms with van der Waals surface area (Å²) in [5.41, 5.74) is 2.06. The molecule has 1 atom stereocenters. The summed E-state index contributed by atoms with van der Waals surface area (Å²) in [7, 11) is 0. The molecule has 0 saturated carbocycles. The van der Waals surface area contributed by atoms with E-state index in [0.717, 1.165) is 27.8 Å². The van der Waals surface area contributed by atoms with Crippen molar-refractivity contribution < 1.29 is 9.53 Å². The van der Waals surface area contributed by atoms with E-state index in [9.17, 15) is 4.79 Å². The predicted molar refractivity (Wildman–Crippen MR) is 114 cm³/mol. The van der Waals surface area contributed by atoms with Crippen LogP contribution in [0.25, 0.3) is 16.5 Å². The number of rotatable bonds is 7. The number of nitrogens with zero attached hydrogens (tertiary/aromatic N) is 2. The van der Waals surface area contributed by atoms with Crippen molar-refractivity contribution in [1.29, 1.82) is 0 Å². The third-order valence-corrected chi connectivity index (χ3v) is 4.89. The van der Waals surface area contributed by atoms with Gasteiger partial charge in [0, 0.05) is 30.0 Å². The lowest BCUT2D eigenvalue weighted by molar-refractivity contribution is -0.128. The highest BCUT2D eigenvalue weighted by molar-refractivity contribution is 5.89. The van der Waals surface area contributed by atoms with Crippen molar-refractivity contribution >= 4 is 16.7 Å². The first-order valence-corrected chi connectivity index (χ1v) is 9.74. The van der Waals surface area contributed by atoms with Gasteiger partial charge in [-0.3, -0.25) is 4.79 Å². The maximum Gasteiger partial charge on any atom is 0.261 e. The molecule has 0 saturated heterocycles. The van der Waals surface area contributed by atoms with Crippen LogP contribution in [0.5, 0.6) is 5.75 Å². The number of hydrogen-bond acceptors (Lipinski definition) is 3. The number of imidazole rings is 1. The van der Waals surface area contributed by atoms with Gasteiger partial charge in [0.05, 0.1) is 6.33 Å². The number of hydrogen-bond donors (Lipinski definition) is 1. The fourth-order valence-electron chi connectivity index (χ4n) is 3.27. The Kier molecular flexibility index (Phi) is 5.56. The highest BCUT2D eigenvalue weighted by Gasteiger charge is 2.19. The van der Waals surface area contributed by atoms with E-state index in [0.29, 0.717) is 13.0 Å². The van der Waals surface area contributed by atoms with Gasteiger partial charge in [-0.2, -0.15) is 0 Å². The van der Waals surface area contributed by atoms with Crippen LogP contribution in [-0.2, 0) is 11.3 Å². The van der Waals surface area contributed by atoms with Crippen LogP contribution in [0, 0.1) is 0 Å². The van der Waals surface area contributed by atoms with Crippen LogP contribution in [0.4, 0.5) is 0 Å². The van der Waals surface area contributed by atoms with Crippen LogP contribution >= 0.6 is 0 Å². The fraction of sp³-hybridized carbons (Fsp3) is 0.167. The van der Waals surface area contributed by atoms with Gasteiger partial charge in [-0.1, -0.05) is 55.5 Å². The molecule has 0 aliphatic heterocycles. The van der Waals surface area contributed by atoms with Gasteiger partial charge in [-0.15, -0.1) is 0 Å². The first-order valence-electron chi connectivity index (χ1n) is 9.74. The highest BCUT2D eigenvalue weighted by atomic mass is 16.5. The van der Waals surface area contributed by atoms with E-state index in [4.69, 9.17) is 4.74 Å². The standard InChI is InChI=1S/C24H23N3O2/c1-2-22(29-23-9-5-7-19-6-3-4-8-21(19)23)24(28)26-16-18-10-12-20(13-11-18)27-15-14-25-17-27/h3-15,17,22H,2,16H2,1H3,(H,26,28)/t22-/m0/s1. The molecule has 5 heteroatoms. The molecule has 0 aliphatic carbocycles. The van der Waals surface area contributed by atoms with E-state index in [2.05, 4.69) is 10.3 Å². The SMILES string of the molecule is CC[C@H](Oc1cccc2ccccc12)C(=O)NCc1ccc(-n2ccnc2)cc1. The number of carbonyl (C=O) groups is 1. The maximum absolute atomic E-state index is 12.7. The molecule has 1 N–H and O–H groups in total. The second-order valence-corrected chi connectivity index (χ2v) is 6.85. The van der Waals surface area contributed by atoms with Gasteiger partial charge in [0.25, 0.3) is 5.91 Å². The highest BCUT2D eigenvalue weighted by Crippen LogP contribution is 2.26. The molecular formula is C24H23N3O2. The summed E-state index contributed by atoms with van der Waals surface area (Å²) >= 11 is 0. The number of benzene rings is 3. The molecule has 0 aliphatic rings. The van der Waals surface area contributed by atoms with Crippen molar-refractivity contribution in [1.82, 2.24) is 14.9 Å². The van der Waals surface area contributed by atoms with Crippen LogP contribution < -0.4 is 10.1 Å². The predicted octanol–water partition coefficient (Wildman–Crippen LogP) is 4.50. The van der Waals surface area contributed by atoms with E-state index in [-0.39, 0.29) is 5.91 Å². The molecule has 4 aromatic rings. The summed E-state index contributed by atoms with van der Waals surface area (Å²) in [6.45, 7) is 2.41. The number of carbonyl (C=O) groups excluding carboxylic acids is 1. The summed E-state index contributed by atoms with van der Waals surface area (Å²) in [6, 6.07) is 21.9. The first-order chi connectivity index (χ1) is 14.2. The van der Waals surface area contributed by atoms with Gasteiger partial charge < -0.3 is 14.6 Å². The molecule has 5 nitrogen and oxygen atoms in total. The van der Waals surface area contributed by atoms with Crippen LogP contribution in [-0.4, -0.2) is 21.6 Å². The van der Waals surface area contributed by atoms with E-state index < -0.39 is 6.10 Å². The largest absolute Gasteiger partial charge is 0.480 e. The molecule has 0 bridgehead atoms. The third-order valence-electron chi connectivity index (χ3n) is 4.89. The van der Waals surface area contributed by atoms with Crippen LogP contribution in [0.3, 0.4) is 0 Å². The molecule has 3 aromatic carbocycles. The minimum Gasteiger partial charge on any atom is -0.480 e. The summed E-state index contributed by atoms with van der Waals surface area (Å²) in [5.74, 6) is 0.619. The Labute approximate surface area is 170 Å². The lowest BCUT2D eigenvalue weighted by Gasteiger charge is -2.18. The third kappa shape index (κ3) is 4.29. The summed E-state index contributed by atoms with van der Waals surface area (Å²) in [4.78, 5) is 16.7. The first kappa shape index (κ1) is 18.7. The normalized spacial score (nSPS) is 11.9. The van der Waals surface area contributed by atoms with Crippen LogP contribution in [0.15, 0.2) is 85.5 Å². The summed E-state index contributed by atoms with van der Waals surface area (Å²) in [6.07, 6.45) is 5.45. The summed E-state index contributed by atoms with van der Waals surface area (Å²) < 4.78 is 8.01. The van der Waals surface area contributed by atoms with Gasteiger partial charge in [0.1, 0.15) is 5.75 Å². The van der Waals surface area contributed by atoms with E-state index in [1.54, 1.807) is 12.5 Å². The van der Waals surface area contributed by atoms with E-state index in [1.807, 2.05) is 84.4 Å². The zero-order valence-electron chi connectivity index (χ0n) is 16.3. The van der Waals surface area contributed by atoms with Gasteiger partial charge in [0.15, 0.2) is 6.10 Å². The molecular weight excluding hydrogens is 362 g/mol. The van der Waals surface area contributed by atoms with Crippen molar-refractivity contribution in [3.63, 3.8) is 0 Å². The Balaban J connectivity index is 1.40. The Morgan fingerprint density at radius 3 is 2.62 bits per heavy atom. The van der Waals surface area contributed by atoms with Crippen molar-refractivity contribution in [3.05, 3.63) is 91.0 Å². The van der Waals surface area contributed by atoms with Crippen molar-refractivity contribution in [2.75, 3.05) is 0 Å². The molecule has 146 valence electrons. The number of fused-ring (bicyclic) bond motifs is 1. The molecule has 0 unspecified atom stereocenters. The van der Waals surface area contributed by atoms with Gasteiger partial charge >= 0.3 is 0 Å². The average molecular weight is 385 g/mol. The van der Waals surface area contributed by atoms with E-state index >= 15 is 0 Å². The number of nitrogens with one attached hydrogen (secondary N) is 1. The Morgan fingerprint density at radius 2 is 1.86 bits per heavy atom. The molecule has 1 aromatic heterocycles. The van der Waals surface area contributed by atoms with Crippen molar-refractivity contribution in [2.24, 2.45) is 0 Å². The average Bonchev–Trinajstić information content (AvgIpc) is 3.31. The number of amides is 1. The monoisotopic (exact) mass is 385 g/mol. The zero-order chi connectivity index (χ0) is 20.1. The van der Waals surface area contributed by atoms with Gasteiger partial charge in [0.2, 0.25) is 0 Å². The second kappa shape index (κ2) is 8.61. The maximum atomic E-state index is 12.7. The molecule has 29 heavy (non-hydrogen) atoms. The van der Waals surface area contributed by atoms with Gasteiger partial charge in [-0.25, -0.2) is 4.98 Å². The van der Waals surface area contributed by atoms with Gasteiger partial charge in [-0.05, 0) is 35.6 Å². The smallest absolute Gasteiger partial charge is 0.261 e.